The molecule has 3 aromatic carbocycles. The topological polar surface area (TPSA) is 96.2 Å². The molecule has 3 N–H and O–H groups in total. The Morgan fingerprint density at radius 1 is 1.03 bits per heavy atom. The van der Waals surface area contributed by atoms with E-state index < -0.39 is 6.03 Å². The number of amides is 2. The van der Waals surface area contributed by atoms with E-state index in [2.05, 4.69) is 15.7 Å². The lowest BCUT2D eigenvalue weighted by molar-refractivity contribution is 0.102. The number of benzene rings is 3. The molecule has 2 amide bonds. The van der Waals surface area contributed by atoms with Crippen molar-refractivity contribution in [2.75, 3.05) is 5.32 Å². The van der Waals surface area contributed by atoms with E-state index in [1.165, 1.54) is 22.9 Å². The number of nitrogens with one attached hydrogen (secondary N) is 2. The van der Waals surface area contributed by atoms with Crippen LogP contribution in [0.3, 0.4) is 0 Å². The Morgan fingerprint density at radius 2 is 1.82 bits per heavy atom. The summed E-state index contributed by atoms with van der Waals surface area (Å²) in [5.74, 6) is -0.646. The molecule has 9 heteroatoms. The van der Waals surface area contributed by atoms with Crippen LogP contribution < -0.4 is 10.6 Å². The molecule has 1 fully saturated rings. The minimum atomic E-state index is -0.440. The van der Waals surface area contributed by atoms with Gasteiger partial charge in [-0.05, 0) is 66.9 Å². The summed E-state index contributed by atoms with van der Waals surface area (Å²) in [5, 5.41) is 21.1. The zero-order valence-electron chi connectivity index (χ0n) is 20.5. The average Bonchev–Trinajstić information content (AvgIpc) is 3.59. The largest absolute Gasteiger partial charge is 0.507 e. The number of hydrogen-bond acceptors (Lipinski definition) is 4. The molecule has 1 aromatic heterocycles. The van der Waals surface area contributed by atoms with Gasteiger partial charge in [-0.25, -0.2) is 9.18 Å². The number of phenols is 1. The van der Waals surface area contributed by atoms with Crippen molar-refractivity contribution in [3.8, 4) is 17.0 Å². The first-order chi connectivity index (χ1) is 18.4. The second-order valence-corrected chi connectivity index (χ2v) is 9.71. The molecule has 1 saturated carbocycles. The van der Waals surface area contributed by atoms with Crippen molar-refractivity contribution in [2.45, 2.75) is 38.1 Å². The third-order valence-electron chi connectivity index (χ3n) is 6.68. The van der Waals surface area contributed by atoms with Crippen LogP contribution in [-0.2, 0) is 6.54 Å². The second kappa shape index (κ2) is 11.1. The summed E-state index contributed by atoms with van der Waals surface area (Å²) < 4.78 is 14.9. The van der Waals surface area contributed by atoms with Gasteiger partial charge in [-0.1, -0.05) is 48.7 Å². The summed E-state index contributed by atoms with van der Waals surface area (Å²) in [5.41, 5.74) is 2.92. The number of halogens is 2. The summed E-state index contributed by atoms with van der Waals surface area (Å²) in [6, 6.07) is 18.8. The summed E-state index contributed by atoms with van der Waals surface area (Å²) in [6.45, 7) is 0.144. The van der Waals surface area contributed by atoms with Gasteiger partial charge in [0.25, 0.3) is 5.91 Å². The van der Waals surface area contributed by atoms with Crippen molar-refractivity contribution >= 4 is 29.2 Å². The van der Waals surface area contributed by atoms with Gasteiger partial charge < -0.3 is 15.7 Å². The van der Waals surface area contributed by atoms with Crippen molar-refractivity contribution in [1.29, 1.82) is 0 Å². The zero-order chi connectivity index (χ0) is 26.6. The number of aromatic nitrogens is 2. The van der Waals surface area contributed by atoms with Gasteiger partial charge >= 0.3 is 6.03 Å². The fourth-order valence-electron chi connectivity index (χ4n) is 4.76. The highest BCUT2D eigenvalue weighted by Crippen LogP contribution is 2.38. The highest BCUT2D eigenvalue weighted by atomic mass is 35.5. The lowest BCUT2D eigenvalue weighted by Gasteiger charge is -2.12. The summed E-state index contributed by atoms with van der Waals surface area (Å²) in [7, 11) is 0. The van der Waals surface area contributed by atoms with E-state index in [1.807, 2.05) is 6.07 Å². The first-order valence-corrected chi connectivity index (χ1v) is 12.8. The first kappa shape index (κ1) is 25.5. The van der Waals surface area contributed by atoms with Crippen LogP contribution in [0.15, 0.2) is 72.8 Å². The fourth-order valence-corrected chi connectivity index (χ4v) is 4.99. The number of nitrogens with zero attached hydrogens (tertiary/aromatic N) is 2. The molecule has 0 atom stereocenters. The van der Waals surface area contributed by atoms with Gasteiger partial charge in [0.1, 0.15) is 11.6 Å². The molecule has 1 heterocycles. The quantitative estimate of drug-likeness (QED) is 0.240. The number of rotatable bonds is 6. The van der Waals surface area contributed by atoms with Crippen LogP contribution in [0.5, 0.6) is 5.75 Å². The first-order valence-electron chi connectivity index (χ1n) is 12.4. The molecule has 4 aromatic rings. The normalized spacial score (nSPS) is 13.4. The molecular weight excluding hydrogens is 507 g/mol. The van der Waals surface area contributed by atoms with Crippen molar-refractivity contribution in [3.63, 3.8) is 0 Å². The number of carbonyl (C=O) groups excluding carboxylic acids is 2. The molecule has 1 aliphatic rings. The van der Waals surface area contributed by atoms with E-state index in [0.29, 0.717) is 33.1 Å². The monoisotopic (exact) mass is 532 g/mol. The lowest BCUT2D eigenvalue weighted by Crippen LogP contribution is -2.30. The predicted octanol–water partition coefficient (Wildman–Crippen LogP) is 6.72. The van der Waals surface area contributed by atoms with E-state index >= 15 is 0 Å². The van der Waals surface area contributed by atoms with Crippen LogP contribution in [0.2, 0.25) is 5.02 Å². The van der Waals surface area contributed by atoms with Gasteiger partial charge in [-0.3, -0.25) is 4.79 Å². The number of hydrogen-bond donors (Lipinski definition) is 3. The van der Waals surface area contributed by atoms with Crippen molar-refractivity contribution in [2.24, 2.45) is 0 Å². The molecular formula is C29H26ClFN4O3. The van der Waals surface area contributed by atoms with Crippen LogP contribution in [0.1, 0.15) is 53.2 Å². The van der Waals surface area contributed by atoms with E-state index in [-0.39, 0.29) is 29.9 Å². The molecule has 0 saturated heterocycles. The smallest absolute Gasteiger partial charge is 0.342 e. The molecule has 0 aliphatic heterocycles. The van der Waals surface area contributed by atoms with Gasteiger partial charge in [-0.15, -0.1) is 0 Å². The Balaban J connectivity index is 1.43. The van der Waals surface area contributed by atoms with Gasteiger partial charge in [0.05, 0.1) is 22.0 Å². The summed E-state index contributed by atoms with van der Waals surface area (Å²) in [6.07, 6.45) is 3.99. The Morgan fingerprint density at radius 3 is 2.58 bits per heavy atom. The SMILES string of the molecule is O=C(Nc1ccc(O)c(-c2cc(C3CCCC3)n(C(=O)NCc3cccc(F)c3)n2)c1)c1ccccc1Cl. The third-order valence-corrected chi connectivity index (χ3v) is 7.01. The molecule has 0 spiro atoms. The van der Waals surface area contributed by atoms with E-state index in [4.69, 9.17) is 11.6 Å². The maximum absolute atomic E-state index is 13.6. The number of phenolic OH excluding ortho intramolecular Hbond substituents is 1. The molecule has 5 rings (SSSR count). The highest BCUT2D eigenvalue weighted by Gasteiger charge is 2.26. The average molecular weight is 533 g/mol. The van der Waals surface area contributed by atoms with Gasteiger partial charge in [0.2, 0.25) is 0 Å². The predicted molar refractivity (Wildman–Crippen MR) is 144 cm³/mol. The van der Waals surface area contributed by atoms with Gasteiger partial charge in [0.15, 0.2) is 0 Å². The van der Waals surface area contributed by atoms with E-state index in [9.17, 15) is 19.1 Å². The molecule has 0 bridgehead atoms. The van der Waals surface area contributed by atoms with Crippen molar-refractivity contribution in [1.82, 2.24) is 15.1 Å². The fraction of sp³-hybridized carbons (Fsp3) is 0.207. The van der Waals surface area contributed by atoms with Crippen molar-refractivity contribution in [3.05, 3.63) is 100 Å². The van der Waals surface area contributed by atoms with Crippen molar-refractivity contribution < 1.29 is 19.1 Å². The van der Waals surface area contributed by atoms with Crippen LogP contribution in [0.25, 0.3) is 11.3 Å². The Hall–Kier alpha value is -4.17. The van der Waals surface area contributed by atoms with Crippen LogP contribution in [0.4, 0.5) is 14.9 Å². The lowest BCUT2D eigenvalue weighted by atomic mass is 10.0. The molecule has 194 valence electrons. The second-order valence-electron chi connectivity index (χ2n) is 9.30. The van der Waals surface area contributed by atoms with Gasteiger partial charge in [-0.2, -0.15) is 9.78 Å². The van der Waals surface area contributed by atoms with Crippen LogP contribution in [0, 0.1) is 5.82 Å². The molecule has 0 unspecified atom stereocenters. The Labute approximate surface area is 224 Å². The summed E-state index contributed by atoms with van der Waals surface area (Å²) >= 11 is 6.15. The number of anilines is 1. The van der Waals surface area contributed by atoms with E-state index in [0.717, 1.165) is 31.4 Å². The molecule has 38 heavy (non-hydrogen) atoms. The van der Waals surface area contributed by atoms with Crippen LogP contribution >= 0.6 is 11.6 Å². The zero-order valence-corrected chi connectivity index (χ0v) is 21.2. The number of aromatic hydroxyl groups is 1. The van der Waals surface area contributed by atoms with E-state index in [1.54, 1.807) is 48.5 Å². The summed E-state index contributed by atoms with van der Waals surface area (Å²) in [4.78, 5) is 25.9. The maximum Gasteiger partial charge on any atom is 0.342 e. The third kappa shape index (κ3) is 5.55. The molecule has 1 aliphatic carbocycles. The standard InChI is InChI=1S/C29H26ClFN4O3/c30-24-11-4-3-10-22(24)28(37)33-21-12-13-27(36)23(15-21)25-16-26(19-7-1-2-8-19)35(34-25)29(38)32-17-18-6-5-9-20(31)14-18/h3-6,9-16,19,36H,1-2,7-8,17H2,(H,32,38)(H,33,37). The maximum atomic E-state index is 13.6. The minimum Gasteiger partial charge on any atom is -0.507 e. The highest BCUT2D eigenvalue weighted by molar-refractivity contribution is 6.34. The molecule has 0 radical (unpaired) electrons. The van der Waals surface area contributed by atoms with Gasteiger partial charge in [0, 0.05) is 23.7 Å². The molecule has 7 nitrogen and oxygen atoms in total. The Kier molecular flexibility index (Phi) is 7.42. The Bertz CT molecular complexity index is 1500. The minimum absolute atomic E-state index is 0.0384. The number of carbonyl (C=O) groups is 2. The van der Waals surface area contributed by atoms with Crippen LogP contribution in [-0.4, -0.2) is 26.8 Å².